The van der Waals surface area contributed by atoms with E-state index in [0.29, 0.717) is 22.6 Å². The van der Waals surface area contributed by atoms with Gasteiger partial charge in [-0.3, -0.25) is 14.2 Å². The van der Waals surface area contributed by atoms with E-state index in [1.807, 2.05) is 0 Å². The fraction of sp³-hybridized carbons (Fsp3) is 0.158. The maximum atomic E-state index is 13.0. The number of aryl methyl sites for hydroxylation is 1. The van der Waals surface area contributed by atoms with Gasteiger partial charge in [0.25, 0.3) is 10.0 Å². The molecule has 0 unspecified atom stereocenters. The van der Waals surface area contributed by atoms with Crippen LogP contribution in [0.2, 0.25) is 0 Å². The summed E-state index contributed by atoms with van der Waals surface area (Å²) < 4.78 is 36.9. The Kier molecular flexibility index (Phi) is 4.74. The number of rotatable bonds is 6. The van der Waals surface area contributed by atoms with Gasteiger partial charge in [0.15, 0.2) is 11.6 Å². The summed E-state index contributed by atoms with van der Waals surface area (Å²) in [4.78, 5) is 15.5. The molecule has 10 nitrogen and oxygen atoms in total. The molecule has 0 spiro atoms. The van der Waals surface area contributed by atoms with E-state index < -0.39 is 10.0 Å². The van der Waals surface area contributed by atoms with Crippen LogP contribution in [-0.2, 0) is 17.1 Å². The molecule has 0 saturated carbocycles. The first-order chi connectivity index (χ1) is 14.3. The van der Waals surface area contributed by atoms with Gasteiger partial charge in [-0.2, -0.15) is 10.2 Å². The number of nitrogens with one attached hydrogen (secondary N) is 1. The molecule has 0 amide bonds. The van der Waals surface area contributed by atoms with Crippen molar-refractivity contribution in [3.05, 3.63) is 54.6 Å². The number of aromatic nitrogens is 5. The minimum Gasteiger partial charge on any atom is -0.494 e. The smallest absolute Gasteiger partial charge is 0.263 e. The second-order valence-corrected chi connectivity index (χ2v) is 8.22. The second-order valence-electron chi connectivity index (χ2n) is 6.54. The van der Waals surface area contributed by atoms with Crippen molar-refractivity contribution in [3.8, 4) is 11.6 Å². The number of nitrogens with zero attached hydrogens (tertiary/aromatic N) is 5. The summed E-state index contributed by atoms with van der Waals surface area (Å²) in [5.41, 5.74) is 1.32. The molecule has 0 fully saturated rings. The predicted molar refractivity (Wildman–Crippen MR) is 109 cm³/mol. The van der Waals surface area contributed by atoms with Crippen molar-refractivity contribution in [3.63, 3.8) is 0 Å². The molecule has 0 aliphatic heterocycles. The van der Waals surface area contributed by atoms with Crippen LogP contribution >= 0.6 is 0 Å². The second kappa shape index (κ2) is 7.26. The molecule has 0 aliphatic carbocycles. The minimum atomic E-state index is -3.96. The number of Topliss-reactive ketones (excluding diaryl/α,β-unsaturated/α-hetero) is 1. The van der Waals surface area contributed by atoms with Crippen molar-refractivity contribution < 1.29 is 17.9 Å². The maximum absolute atomic E-state index is 13.0. The highest BCUT2D eigenvalue weighted by molar-refractivity contribution is 7.92. The van der Waals surface area contributed by atoms with Gasteiger partial charge < -0.3 is 4.74 Å². The largest absolute Gasteiger partial charge is 0.494 e. The Morgan fingerprint density at radius 1 is 1.10 bits per heavy atom. The highest BCUT2D eigenvalue weighted by Gasteiger charge is 2.21. The number of hydrogen-bond donors (Lipinski definition) is 1. The van der Waals surface area contributed by atoms with Gasteiger partial charge in [0.1, 0.15) is 16.3 Å². The Hall–Kier alpha value is -3.73. The molecule has 0 bridgehead atoms. The zero-order valence-corrected chi connectivity index (χ0v) is 17.2. The molecule has 11 heteroatoms. The van der Waals surface area contributed by atoms with Gasteiger partial charge >= 0.3 is 0 Å². The number of ketones is 1. The average Bonchev–Trinajstić information content (AvgIpc) is 3.36. The van der Waals surface area contributed by atoms with Crippen LogP contribution in [-0.4, -0.2) is 45.9 Å². The lowest BCUT2D eigenvalue weighted by Gasteiger charge is -2.14. The standard InChI is InChI=1S/C19H18N6O4S/c1-12(26)14-9-22-25(11-14)17-7-5-15(10-20-17)30(27,28)23-18-16(29-3)6-4-13-8-21-24(2)19(13)18/h4-11,23H,1-3H3. The van der Waals surface area contributed by atoms with Crippen molar-refractivity contribution in [1.29, 1.82) is 0 Å². The lowest BCUT2D eigenvalue weighted by atomic mass is 10.2. The number of benzene rings is 1. The molecule has 4 aromatic rings. The van der Waals surface area contributed by atoms with Gasteiger partial charge in [-0.25, -0.2) is 18.1 Å². The van der Waals surface area contributed by atoms with Crippen molar-refractivity contribution in [2.45, 2.75) is 11.8 Å². The van der Waals surface area contributed by atoms with Crippen molar-refractivity contribution in [2.75, 3.05) is 11.8 Å². The minimum absolute atomic E-state index is 0.0357. The lowest BCUT2D eigenvalue weighted by molar-refractivity contribution is 0.101. The van der Waals surface area contributed by atoms with Gasteiger partial charge in [0, 0.05) is 24.8 Å². The fourth-order valence-corrected chi connectivity index (χ4v) is 4.03. The van der Waals surface area contributed by atoms with E-state index >= 15 is 0 Å². The lowest BCUT2D eigenvalue weighted by Crippen LogP contribution is -2.15. The highest BCUT2D eigenvalue weighted by atomic mass is 32.2. The summed E-state index contributed by atoms with van der Waals surface area (Å²) in [5.74, 6) is 0.628. The van der Waals surface area contributed by atoms with Gasteiger partial charge in [-0.1, -0.05) is 0 Å². The molecule has 3 aromatic heterocycles. The van der Waals surface area contributed by atoms with Crippen LogP contribution in [0.15, 0.2) is 53.9 Å². The van der Waals surface area contributed by atoms with Crippen molar-refractivity contribution in [1.82, 2.24) is 24.5 Å². The molecule has 0 radical (unpaired) electrons. The third kappa shape index (κ3) is 3.39. The average molecular weight is 426 g/mol. The number of hydrogen-bond acceptors (Lipinski definition) is 7. The van der Waals surface area contributed by atoms with Gasteiger partial charge in [0.05, 0.1) is 30.6 Å². The Bertz CT molecular complexity index is 1360. The van der Waals surface area contributed by atoms with E-state index in [9.17, 15) is 13.2 Å². The van der Waals surface area contributed by atoms with E-state index in [1.165, 1.54) is 49.4 Å². The molecule has 3 heterocycles. The number of ether oxygens (including phenoxy) is 1. The van der Waals surface area contributed by atoms with Crippen LogP contribution in [0.25, 0.3) is 16.7 Å². The van der Waals surface area contributed by atoms with E-state index in [-0.39, 0.29) is 16.4 Å². The van der Waals surface area contributed by atoms with Crippen LogP contribution in [0.4, 0.5) is 5.69 Å². The number of carbonyl (C=O) groups is 1. The summed E-state index contributed by atoms with van der Waals surface area (Å²) >= 11 is 0. The number of anilines is 1. The van der Waals surface area contributed by atoms with E-state index in [4.69, 9.17) is 4.74 Å². The van der Waals surface area contributed by atoms with Gasteiger partial charge in [0.2, 0.25) is 0 Å². The Balaban J connectivity index is 1.68. The number of pyridine rings is 1. The third-order valence-corrected chi connectivity index (χ3v) is 5.91. The Labute approximate surface area is 172 Å². The molecule has 30 heavy (non-hydrogen) atoms. The monoisotopic (exact) mass is 426 g/mol. The zero-order valence-electron chi connectivity index (χ0n) is 16.4. The topological polar surface area (TPSA) is 121 Å². The SMILES string of the molecule is COc1ccc2cnn(C)c2c1NS(=O)(=O)c1ccc(-n2cc(C(C)=O)cn2)nc1. The van der Waals surface area contributed by atoms with E-state index in [2.05, 4.69) is 19.9 Å². The van der Waals surface area contributed by atoms with Crippen LogP contribution in [0.5, 0.6) is 5.75 Å². The quantitative estimate of drug-likeness (QED) is 0.469. The van der Waals surface area contributed by atoms with E-state index in [0.717, 1.165) is 5.39 Å². The van der Waals surface area contributed by atoms with Crippen molar-refractivity contribution in [2.24, 2.45) is 7.05 Å². The molecule has 1 aromatic carbocycles. The number of carbonyl (C=O) groups excluding carboxylic acids is 1. The van der Waals surface area contributed by atoms with E-state index in [1.54, 1.807) is 30.1 Å². The number of methoxy groups -OCH3 is 1. The normalized spacial score (nSPS) is 11.6. The number of sulfonamides is 1. The fourth-order valence-electron chi connectivity index (χ4n) is 3.01. The highest BCUT2D eigenvalue weighted by Crippen LogP contribution is 2.34. The third-order valence-electron chi connectivity index (χ3n) is 4.58. The predicted octanol–water partition coefficient (Wildman–Crippen LogP) is 2.17. The van der Waals surface area contributed by atoms with Crippen LogP contribution in [0, 0.1) is 0 Å². The van der Waals surface area contributed by atoms with Crippen LogP contribution in [0.1, 0.15) is 17.3 Å². The van der Waals surface area contributed by atoms with Gasteiger partial charge in [-0.15, -0.1) is 0 Å². The Morgan fingerprint density at radius 2 is 1.90 bits per heavy atom. The summed E-state index contributed by atoms with van der Waals surface area (Å²) in [6.07, 6.45) is 5.83. The molecule has 0 atom stereocenters. The Morgan fingerprint density at radius 3 is 2.53 bits per heavy atom. The summed E-state index contributed by atoms with van der Waals surface area (Å²) in [6.45, 7) is 1.44. The first-order valence-electron chi connectivity index (χ1n) is 8.83. The summed E-state index contributed by atoms with van der Waals surface area (Å²) in [5, 5.41) is 9.01. The molecule has 154 valence electrons. The van der Waals surface area contributed by atoms with Crippen LogP contribution < -0.4 is 9.46 Å². The maximum Gasteiger partial charge on any atom is 0.263 e. The molecular formula is C19H18N6O4S. The first kappa shape index (κ1) is 19.6. The molecule has 0 saturated heterocycles. The molecule has 0 aliphatic rings. The van der Waals surface area contributed by atoms with Crippen molar-refractivity contribution >= 4 is 32.4 Å². The number of fused-ring (bicyclic) bond motifs is 1. The molecular weight excluding hydrogens is 408 g/mol. The van der Waals surface area contributed by atoms with Crippen LogP contribution in [0.3, 0.4) is 0 Å². The summed E-state index contributed by atoms with van der Waals surface area (Å²) in [6, 6.07) is 6.39. The summed E-state index contributed by atoms with van der Waals surface area (Å²) in [7, 11) is -0.776. The molecule has 4 rings (SSSR count). The zero-order chi connectivity index (χ0) is 21.5. The first-order valence-corrected chi connectivity index (χ1v) is 10.3. The van der Waals surface area contributed by atoms with Gasteiger partial charge in [-0.05, 0) is 31.2 Å². The molecule has 1 N–H and O–H groups in total.